The Kier molecular flexibility index (Phi) is 3.39. The topological polar surface area (TPSA) is 69.6 Å². The van der Waals surface area contributed by atoms with Gasteiger partial charge in [0.05, 0.1) is 22.6 Å². The molecule has 21 heavy (non-hydrogen) atoms. The Morgan fingerprint density at radius 2 is 1.95 bits per heavy atom. The predicted molar refractivity (Wildman–Crippen MR) is 83.2 cm³/mol. The predicted octanol–water partition coefficient (Wildman–Crippen LogP) is 3.24. The second-order valence-electron chi connectivity index (χ2n) is 4.62. The third kappa shape index (κ3) is 2.50. The summed E-state index contributed by atoms with van der Waals surface area (Å²) in [4.78, 5) is 24.7. The smallest absolute Gasteiger partial charge is 0.335 e. The molecule has 0 spiro atoms. The van der Waals surface area contributed by atoms with Gasteiger partial charge in [-0.25, -0.2) is 4.79 Å². The fourth-order valence-electron chi connectivity index (χ4n) is 2.31. The Morgan fingerprint density at radius 3 is 2.67 bits per heavy atom. The minimum absolute atomic E-state index is 0.108. The second-order valence-corrected chi connectivity index (χ2v) is 5.48. The van der Waals surface area contributed by atoms with E-state index in [2.05, 4.69) is 21.2 Å². The van der Waals surface area contributed by atoms with Crippen molar-refractivity contribution in [3.8, 4) is 0 Å². The molecule has 6 heteroatoms. The number of anilines is 3. The molecule has 2 N–H and O–H groups in total. The van der Waals surface area contributed by atoms with Crippen LogP contribution in [0.1, 0.15) is 10.4 Å². The molecule has 3 rings (SSSR count). The Labute approximate surface area is 129 Å². The zero-order chi connectivity index (χ0) is 15.0. The molecule has 0 saturated heterocycles. The number of fused-ring (bicyclic) bond motifs is 1. The Hall–Kier alpha value is -2.34. The number of carboxylic acid groups (broad SMARTS) is 1. The first kappa shape index (κ1) is 13.6. The van der Waals surface area contributed by atoms with Crippen molar-refractivity contribution in [1.82, 2.24) is 0 Å². The molecule has 1 heterocycles. The van der Waals surface area contributed by atoms with Crippen LogP contribution in [-0.4, -0.2) is 23.5 Å². The monoisotopic (exact) mass is 346 g/mol. The number of nitrogens with zero attached hydrogens (tertiary/aromatic N) is 1. The van der Waals surface area contributed by atoms with E-state index < -0.39 is 5.97 Å². The lowest BCUT2D eigenvalue weighted by Gasteiger charge is -2.31. The highest BCUT2D eigenvalue weighted by Crippen LogP contribution is 2.38. The number of rotatable bonds is 2. The first-order valence-electron chi connectivity index (χ1n) is 6.25. The summed E-state index contributed by atoms with van der Waals surface area (Å²) in [5, 5.41) is 11.8. The van der Waals surface area contributed by atoms with Gasteiger partial charge in [0.2, 0.25) is 5.91 Å². The summed E-state index contributed by atoms with van der Waals surface area (Å²) in [6, 6.07) is 12.2. The van der Waals surface area contributed by atoms with Crippen LogP contribution < -0.4 is 10.2 Å². The average molecular weight is 347 g/mol. The average Bonchev–Trinajstić information content (AvgIpc) is 2.46. The van der Waals surface area contributed by atoms with Crippen LogP contribution in [0.25, 0.3) is 0 Å². The first-order chi connectivity index (χ1) is 10.1. The second kappa shape index (κ2) is 5.21. The molecular weight excluding hydrogens is 336 g/mol. The van der Waals surface area contributed by atoms with Gasteiger partial charge in [-0.15, -0.1) is 0 Å². The zero-order valence-corrected chi connectivity index (χ0v) is 12.4. The number of benzene rings is 2. The molecule has 106 valence electrons. The molecule has 0 radical (unpaired) electrons. The largest absolute Gasteiger partial charge is 0.478 e. The Balaban J connectivity index is 2.09. The van der Waals surface area contributed by atoms with Gasteiger partial charge in [0.1, 0.15) is 6.54 Å². The summed E-state index contributed by atoms with van der Waals surface area (Å²) >= 11 is 3.39. The van der Waals surface area contributed by atoms with Crippen LogP contribution in [0.15, 0.2) is 46.9 Å². The minimum atomic E-state index is -0.987. The lowest BCUT2D eigenvalue weighted by atomic mass is 10.1. The van der Waals surface area contributed by atoms with E-state index in [0.717, 1.165) is 17.1 Å². The molecule has 1 amide bonds. The molecule has 0 aliphatic carbocycles. The summed E-state index contributed by atoms with van der Waals surface area (Å²) < 4.78 is 0.631. The number of hydrogen-bond donors (Lipinski definition) is 2. The molecule has 0 fully saturated rings. The van der Waals surface area contributed by atoms with Crippen LogP contribution in [0.5, 0.6) is 0 Å². The molecule has 0 atom stereocenters. The van der Waals surface area contributed by atoms with E-state index in [1.165, 1.54) is 12.1 Å². The van der Waals surface area contributed by atoms with E-state index in [4.69, 9.17) is 5.11 Å². The van der Waals surface area contributed by atoms with Gasteiger partial charge in [0, 0.05) is 4.47 Å². The van der Waals surface area contributed by atoms with Gasteiger partial charge >= 0.3 is 5.97 Å². The van der Waals surface area contributed by atoms with Crippen molar-refractivity contribution in [2.45, 2.75) is 0 Å². The van der Waals surface area contributed by atoms with E-state index in [0.29, 0.717) is 4.47 Å². The zero-order valence-electron chi connectivity index (χ0n) is 10.8. The van der Waals surface area contributed by atoms with Crippen LogP contribution in [0.4, 0.5) is 17.1 Å². The molecule has 1 aliphatic rings. The van der Waals surface area contributed by atoms with Crippen LogP contribution in [-0.2, 0) is 4.79 Å². The van der Waals surface area contributed by atoms with Gasteiger partial charge in [-0.2, -0.15) is 0 Å². The first-order valence-corrected chi connectivity index (χ1v) is 7.05. The fraction of sp³-hybridized carbons (Fsp3) is 0.0667. The summed E-state index contributed by atoms with van der Waals surface area (Å²) in [5.41, 5.74) is 2.56. The lowest BCUT2D eigenvalue weighted by molar-refractivity contribution is -0.115. The molecule has 1 aliphatic heterocycles. The summed E-state index contributed by atoms with van der Waals surface area (Å²) in [6.45, 7) is 0.183. The van der Waals surface area contributed by atoms with E-state index >= 15 is 0 Å². The number of halogens is 1. The van der Waals surface area contributed by atoms with Crippen molar-refractivity contribution in [3.05, 3.63) is 52.5 Å². The van der Waals surface area contributed by atoms with Crippen LogP contribution >= 0.6 is 15.9 Å². The molecule has 2 aromatic carbocycles. The molecule has 5 nitrogen and oxygen atoms in total. The number of carbonyl (C=O) groups excluding carboxylic acids is 1. The van der Waals surface area contributed by atoms with Crippen molar-refractivity contribution in [1.29, 1.82) is 0 Å². The lowest BCUT2D eigenvalue weighted by Crippen LogP contribution is -2.35. The van der Waals surface area contributed by atoms with Crippen molar-refractivity contribution >= 4 is 44.9 Å². The van der Waals surface area contributed by atoms with Gasteiger partial charge in [0.25, 0.3) is 0 Å². The maximum absolute atomic E-state index is 11.8. The molecular formula is C15H11BrN2O3. The Bertz CT molecular complexity index is 745. The van der Waals surface area contributed by atoms with E-state index in [1.54, 1.807) is 6.07 Å². The van der Waals surface area contributed by atoms with Gasteiger partial charge < -0.3 is 15.3 Å². The molecule has 2 aromatic rings. The van der Waals surface area contributed by atoms with Crippen LogP contribution in [0.3, 0.4) is 0 Å². The fourth-order valence-corrected chi connectivity index (χ4v) is 2.90. The van der Waals surface area contributed by atoms with Crippen molar-refractivity contribution in [3.63, 3.8) is 0 Å². The Morgan fingerprint density at radius 1 is 1.19 bits per heavy atom. The SMILES string of the molecule is O=C1CN(c2ccc(C(=O)O)cc2Br)c2ccccc2N1. The number of amides is 1. The minimum Gasteiger partial charge on any atom is -0.478 e. The highest BCUT2D eigenvalue weighted by molar-refractivity contribution is 9.10. The molecule has 0 saturated carbocycles. The molecule has 0 aromatic heterocycles. The number of carbonyl (C=O) groups is 2. The third-order valence-corrected chi connectivity index (χ3v) is 3.89. The summed E-state index contributed by atoms with van der Waals surface area (Å²) in [5.74, 6) is -1.10. The van der Waals surface area contributed by atoms with E-state index in [1.807, 2.05) is 29.2 Å². The van der Waals surface area contributed by atoms with E-state index in [9.17, 15) is 9.59 Å². The van der Waals surface area contributed by atoms with Gasteiger partial charge in [-0.1, -0.05) is 12.1 Å². The summed E-state index contributed by atoms with van der Waals surface area (Å²) in [7, 11) is 0. The number of carboxylic acids is 1. The van der Waals surface area contributed by atoms with Gasteiger partial charge in [-0.3, -0.25) is 4.79 Å². The normalized spacial score (nSPS) is 13.6. The maximum atomic E-state index is 11.8. The summed E-state index contributed by atoms with van der Waals surface area (Å²) in [6.07, 6.45) is 0. The highest BCUT2D eigenvalue weighted by Gasteiger charge is 2.24. The van der Waals surface area contributed by atoms with Crippen LogP contribution in [0.2, 0.25) is 0 Å². The third-order valence-electron chi connectivity index (χ3n) is 3.26. The van der Waals surface area contributed by atoms with Crippen molar-refractivity contribution in [2.24, 2.45) is 0 Å². The van der Waals surface area contributed by atoms with Gasteiger partial charge in [0.15, 0.2) is 0 Å². The number of hydrogen-bond acceptors (Lipinski definition) is 3. The van der Waals surface area contributed by atoms with Crippen molar-refractivity contribution in [2.75, 3.05) is 16.8 Å². The van der Waals surface area contributed by atoms with Crippen LogP contribution in [0, 0.1) is 0 Å². The number of aromatic carboxylic acids is 1. The number of para-hydroxylation sites is 2. The molecule has 0 unspecified atom stereocenters. The van der Waals surface area contributed by atoms with E-state index in [-0.39, 0.29) is 18.0 Å². The highest BCUT2D eigenvalue weighted by atomic mass is 79.9. The number of nitrogens with one attached hydrogen (secondary N) is 1. The van der Waals surface area contributed by atoms with Crippen molar-refractivity contribution < 1.29 is 14.7 Å². The standard InChI is InChI=1S/C15H11BrN2O3/c16-10-7-9(15(20)21)5-6-12(10)18-8-14(19)17-11-3-1-2-4-13(11)18/h1-7H,8H2,(H,17,19)(H,20,21). The molecule has 0 bridgehead atoms. The quantitative estimate of drug-likeness (QED) is 0.875. The maximum Gasteiger partial charge on any atom is 0.335 e. The van der Waals surface area contributed by atoms with Gasteiger partial charge in [-0.05, 0) is 46.3 Å².